The Balaban J connectivity index is 2.16. The van der Waals surface area contributed by atoms with Gasteiger partial charge < -0.3 is 0 Å². The first-order valence-corrected chi connectivity index (χ1v) is 4.95. The van der Waals surface area contributed by atoms with Crippen molar-refractivity contribution in [1.82, 2.24) is 0 Å². The molecule has 1 atom stereocenters. The number of hydrogen-bond donors (Lipinski definition) is 0. The van der Waals surface area contributed by atoms with Crippen molar-refractivity contribution >= 4 is 27.7 Å². The number of rotatable bonds is 2. The minimum Gasteiger partial charge on any atom is -0.134 e. The molecule has 0 fully saturated rings. The largest absolute Gasteiger partial charge is 0.134 e. The molecule has 0 amide bonds. The second kappa shape index (κ2) is 3.57. The Kier molecular flexibility index (Phi) is 2.98. The van der Waals surface area contributed by atoms with E-state index in [0.29, 0.717) is 0 Å². The van der Waals surface area contributed by atoms with Crippen LogP contribution in [0.4, 0.5) is 0 Å². The van der Waals surface area contributed by atoms with Crippen LogP contribution in [0.15, 0.2) is 11.5 Å². The van der Waals surface area contributed by atoms with Gasteiger partial charge in [0.1, 0.15) is 0 Å². The van der Waals surface area contributed by atoms with E-state index in [1.165, 1.54) is 12.2 Å². The average Bonchev–Trinajstić information content (AvgIpc) is 2.19. The monoisotopic (exact) mass is 192 g/mol. The lowest BCUT2D eigenvalue weighted by atomic mass is 10.1. The molecule has 0 nitrogen and oxygen atoms in total. The molecule has 46 valence electrons. The van der Waals surface area contributed by atoms with Crippen LogP contribution in [0.5, 0.6) is 0 Å². The summed E-state index contributed by atoms with van der Waals surface area (Å²) >= 11 is 5.34. The van der Waals surface area contributed by atoms with Crippen LogP contribution in [0.3, 0.4) is 0 Å². The Morgan fingerprint density at radius 2 is 2.62 bits per heavy atom. The van der Waals surface area contributed by atoms with Crippen molar-refractivity contribution in [2.24, 2.45) is 5.92 Å². The molecule has 0 spiro atoms. The predicted octanol–water partition coefficient (Wildman–Crippen LogP) is 2.65. The normalized spacial score (nSPS) is 26.9. The van der Waals surface area contributed by atoms with Crippen molar-refractivity contribution in [2.75, 3.05) is 11.1 Å². The van der Waals surface area contributed by atoms with Crippen LogP contribution in [0.2, 0.25) is 0 Å². The van der Waals surface area contributed by atoms with E-state index in [4.69, 9.17) is 0 Å². The lowest BCUT2D eigenvalue weighted by molar-refractivity contribution is 0.729. The Labute approximate surface area is 62.9 Å². The summed E-state index contributed by atoms with van der Waals surface area (Å²) in [6, 6.07) is 0. The topological polar surface area (TPSA) is 0 Å². The molecule has 0 N–H and O–H groups in total. The molecule has 8 heavy (non-hydrogen) atoms. The first-order valence-electron chi connectivity index (χ1n) is 2.77. The fourth-order valence-corrected chi connectivity index (χ4v) is 2.28. The second-order valence-electron chi connectivity index (χ2n) is 1.90. The van der Waals surface area contributed by atoms with E-state index >= 15 is 0 Å². The van der Waals surface area contributed by atoms with Gasteiger partial charge in [-0.3, -0.25) is 0 Å². The standard InChI is InChI=1S/C6H9BrS/c7-3-1-6-2-4-8-5-6/h2,4,6H,1,3,5H2. The molecule has 0 aliphatic carbocycles. The van der Waals surface area contributed by atoms with Crippen molar-refractivity contribution in [2.45, 2.75) is 6.42 Å². The van der Waals surface area contributed by atoms with E-state index in [2.05, 4.69) is 27.4 Å². The molecule has 0 saturated carbocycles. The third-order valence-corrected chi connectivity index (χ3v) is 2.67. The maximum Gasteiger partial charge on any atom is 0.00376 e. The zero-order chi connectivity index (χ0) is 5.82. The van der Waals surface area contributed by atoms with Gasteiger partial charge in [0.05, 0.1) is 0 Å². The smallest absolute Gasteiger partial charge is 0.00376 e. The van der Waals surface area contributed by atoms with Gasteiger partial charge in [-0.25, -0.2) is 0 Å². The molecule has 1 aliphatic heterocycles. The van der Waals surface area contributed by atoms with Gasteiger partial charge in [-0.15, -0.1) is 11.8 Å². The third-order valence-electron chi connectivity index (χ3n) is 1.24. The quantitative estimate of drug-likeness (QED) is 0.607. The van der Waals surface area contributed by atoms with Gasteiger partial charge in [0.25, 0.3) is 0 Å². The highest BCUT2D eigenvalue weighted by Crippen LogP contribution is 2.23. The second-order valence-corrected chi connectivity index (χ2v) is 3.63. The maximum absolute atomic E-state index is 3.42. The molecule has 0 aromatic rings. The summed E-state index contributed by atoms with van der Waals surface area (Å²) in [5.74, 6) is 2.14. The van der Waals surface area contributed by atoms with E-state index in [1.54, 1.807) is 0 Å². The van der Waals surface area contributed by atoms with Crippen LogP contribution >= 0.6 is 27.7 Å². The van der Waals surface area contributed by atoms with Crippen LogP contribution in [-0.4, -0.2) is 11.1 Å². The van der Waals surface area contributed by atoms with Gasteiger partial charge in [-0.2, -0.15) is 0 Å². The van der Waals surface area contributed by atoms with Crippen LogP contribution < -0.4 is 0 Å². The molecule has 2 heteroatoms. The number of allylic oxidation sites excluding steroid dienone is 1. The zero-order valence-electron chi connectivity index (χ0n) is 4.64. The number of hydrogen-bond acceptors (Lipinski definition) is 1. The van der Waals surface area contributed by atoms with Crippen LogP contribution in [0.25, 0.3) is 0 Å². The van der Waals surface area contributed by atoms with E-state index in [-0.39, 0.29) is 0 Å². The van der Waals surface area contributed by atoms with E-state index in [9.17, 15) is 0 Å². The maximum atomic E-state index is 3.42. The van der Waals surface area contributed by atoms with Gasteiger partial charge in [-0.05, 0) is 17.7 Å². The Morgan fingerprint density at radius 1 is 1.75 bits per heavy atom. The molecule has 1 unspecified atom stereocenters. The highest BCUT2D eigenvalue weighted by atomic mass is 79.9. The molecular formula is C6H9BrS. The van der Waals surface area contributed by atoms with Gasteiger partial charge >= 0.3 is 0 Å². The predicted molar refractivity (Wildman–Crippen MR) is 43.5 cm³/mol. The fraction of sp³-hybridized carbons (Fsp3) is 0.667. The molecule has 0 saturated heterocycles. The summed E-state index contributed by atoms with van der Waals surface area (Å²) < 4.78 is 0. The number of thioether (sulfide) groups is 1. The molecule has 0 radical (unpaired) electrons. The van der Waals surface area contributed by atoms with E-state index in [1.807, 2.05) is 11.8 Å². The molecule has 1 aliphatic rings. The Hall–Kier alpha value is 0.570. The van der Waals surface area contributed by atoms with Gasteiger partial charge in [0.15, 0.2) is 0 Å². The summed E-state index contributed by atoms with van der Waals surface area (Å²) in [6.45, 7) is 0. The van der Waals surface area contributed by atoms with Gasteiger partial charge in [0.2, 0.25) is 0 Å². The molecular weight excluding hydrogens is 184 g/mol. The summed E-state index contributed by atoms with van der Waals surface area (Å²) in [6.07, 6.45) is 3.59. The molecule has 0 aromatic heterocycles. The number of halogens is 1. The lowest BCUT2D eigenvalue weighted by Crippen LogP contribution is -1.95. The first-order chi connectivity index (χ1) is 3.93. The van der Waals surface area contributed by atoms with Crippen LogP contribution in [-0.2, 0) is 0 Å². The summed E-state index contributed by atoms with van der Waals surface area (Å²) in [5.41, 5.74) is 0. The third kappa shape index (κ3) is 1.82. The van der Waals surface area contributed by atoms with E-state index in [0.717, 1.165) is 11.2 Å². The zero-order valence-corrected chi connectivity index (χ0v) is 7.04. The van der Waals surface area contributed by atoms with E-state index < -0.39 is 0 Å². The lowest BCUT2D eigenvalue weighted by Gasteiger charge is -2.00. The van der Waals surface area contributed by atoms with Gasteiger partial charge in [-0.1, -0.05) is 22.0 Å². The Morgan fingerprint density at radius 3 is 3.12 bits per heavy atom. The van der Waals surface area contributed by atoms with Crippen molar-refractivity contribution in [1.29, 1.82) is 0 Å². The molecule has 0 bridgehead atoms. The van der Waals surface area contributed by atoms with Crippen molar-refractivity contribution in [3.8, 4) is 0 Å². The van der Waals surface area contributed by atoms with Crippen molar-refractivity contribution < 1.29 is 0 Å². The molecule has 1 heterocycles. The minimum atomic E-state index is 0.847. The Bertz CT molecular complexity index is 90.5. The van der Waals surface area contributed by atoms with Crippen LogP contribution in [0, 0.1) is 5.92 Å². The first kappa shape index (κ1) is 6.69. The van der Waals surface area contributed by atoms with Crippen LogP contribution in [0.1, 0.15) is 6.42 Å². The van der Waals surface area contributed by atoms with Crippen molar-refractivity contribution in [3.05, 3.63) is 11.5 Å². The fourth-order valence-electron chi connectivity index (χ4n) is 0.721. The summed E-state index contributed by atoms with van der Waals surface area (Å²) in [4.78, 5) is 0. The molecule has 1 rings (SSSR count). The SMILES string of the molecule is BrCCC1C=CSC1. The number of alkyl halides is 1. The summed E-state index contributed by atoms with van der Waals surface area (Å²) in [7, 11) is 0. The minimum absolute atomic E-state index is 0.847. The average molecular weight is 193 g/mol. The molecule has 0 aromatic carbocycles. The van der Waals surface area contributed by atoms with Gasteiger partial charge in [0, 0.05) is 11.1 Å². The van der Waals surface area contributed by atoms with Crippen molar-refractivity contribution in [3.63, 3.8) is 0 Å². The summed E-state index contributed by atoms with van der Waals surface area (Å²) in [5, 5.41) is 3.34. The highest BCUT2D eigenvalue weighted by Gasteiger charge is 2.06. The highest BCUT2D eigenvalue weighted by molar-refractivity contribution is 9.09.